The summed E-state index contributed by atoms with van der Waals surface area (Å²) in [5, 5.41) is 13.3. The fraction of sp³-hybridized carbons (Fsp3) is 0.278. The van der Waals surface area contributed by atoms with Crippen LogP contribution in [0, 0.1) is 0 Å². The average Bonchev–Trinajstić information content (AvgIpc) is 2.46. The zero-order valence-corrected chi connectivity index (χ0v) is 12.9. The monoisotopic (exact) mass is 315 g/mol. The van der Waals surface area contributed by atoms with Crippen LogP contribution in [-0.2, 0) is 6.54 Å². The van der Waals surface area contributed by atoms with Crippen LogP contribution in [0.1, 0.15) is 40.2 Å². The molecule has 2 aromatic carbocycles. The van der Waals surface area contributed by atoms with Crippen molar-refractivity contribution < 1.29 is 9.90 Å². The Bertz CT molecular complexity index is 680. The topological polar surface area (TPSA) is 49.3 Å². The number of carboxylic acid groups (broad SMARTS) is 1. The Kier molecular flexibility index (Phi) is 4.46. The van der Waals surface area contributed by atoms with Crippen molar-refractivity contribution in [3.63, 3.8) is 0 Å². The second-order valence-electron chi connectivity index (χ2n) is 5.81. The minimum Gasteiger partial charge on any atom is -0.478 e. The van der Waals surface area contributed by atoms with Gasteiger partial charge >= 0.3 is 5.97 Å². The maximum Gasteiger partial charge on any atom is 0.335 e. The highest BCUT2D eigenvalue weighted by Crippen LogP contribution is 2.37. The first-order valence-electron chi connectivity index (χ1n) is 7.43. The van der Waals surface area contributed by atoms with E-state index in [-0.39, 0.29) is 0 Å². The summed E-state index contributed by atoms with van der Waals surface area (Å²) in [7, 11) is 0. The molecule has 0 saturated heterocycles. The van der Waals surface area contributed by atoms with Gasteiger partial charge in [0.1, 0.15) is 0 Å². The second kappa shape index (κ2) is 6.51. The summed E-state index contributed by atoms with van der Waals surface area (Å²) in [5.74, 6) is -0.312. The predicted molar refractivity (Wildman–Crippen MR) is 87.5 cm³/mol. The van der Waals surface area contributed by atoms with Gasteiger partial charge in [-0.05, 0) is 54.2 Å². The number of hydrogen-bond acceptors (Lipinski definition) is 2. The molecular formula is C18H18ClNO2. The molecule has 22 heavy (non-hydrogen) atoms. The van der Waals surface area contributed by atoms with Gasteiger partial charge in [0, 0.05) is 17.6 Å². The van der Waals surface area contributed by atoms with Crippen LogP contribution < -0.4 is 5.32 Å². The fourth-order valence-electron chi connectivity index (χ4n) is 2.89. The molecule has 114 valence electrons. The van der Waals surface area contributed by atoms with Crippen LogP contribution in [0.5, 0.6) is 0 Å². The maximum absolute atomic E-state index is 11.0. The van der Waals surface area contributed by atoms with Crippen molar-refractivity contribution >= 4 is 17.6 Å². The molecule has 0 aliphatic heterocycles. The molecular weight excluding hydrogens is 298 g/mol. The van der Waals surface area contributed by atoms with Gasteiger partial charge < -0.3 is 10.4 Å². The van der Waals surface area contributed by atoms with Gasteiger partial charge in [-0.2, -0.15) is 0 Å². The van der Waals surface area contributed by atoms with Crippen molar-refractivity contribution in [3.8, 4) is 0 Å². The van der Waals surface area contributed by atoms with Gasteiger partial charge in [0.05, 0.1) is 5.56 Å². The lowest BCUT2D eigenvalue weighted by atomic mass is 9.76. The smallest absolute Gasteiger partial charge is 0.335 e. The lowest BCUT2D eigenvalue weighted by Gasteiger charge is -2.36. The first-order valence-corrected chi connectivity index (χ1v) is 7.80. The van der Waals surface area contributed by atoms with Gasteiger partial charge in [0.2, 0.25) is 0 Å². The molecule has 0 radical (unpaired) electrons. The molecule has 3 nitrogen and oxygen atoms in total. The molecule has 1 fully saturated rings. The molecule has 0 amide bonds. The molecule has 0 heterocycles. The Labute approximate surface area is 134 Å². The molecule has 1 saturated carbocycles. The minimum absolute atomic E-state index is 0.338. The zero-order chi connectivity index (χ0) is 15.5. The highest BCUT2D eigenvalue weighted by molar-refractivity contribution is 6.30. The van der Waals surface area contributed by atoms with Crippen molar-refractivity contribution in [2.24, 2.45) is 0 Å². The first-order chi connectivity index (χ1) is 10.6. The highest BCUT2D eigenvalue weighted by Gasteiger charge is 2.29. The number of halogens is 1. The van der Waals surface area contributed by atoms with Crippen LogP contribution >= 0.6 is 11.6 Å². The molecule has 0 atom stereocenters. The Morgan fingerprint density at radius 2 is 1.95 bits per heavy atom. The molecule has 2 aromatic rings. The van der Waals surface area contributed by atoms with E-state index in [2.05, 4.69) is 11.4 Å². The van der Waals surface area contributed by atoms with E-state index in [0.29, 0.717) is 24.1 Å². The lowest BCUT2D eigenvalue weighted by Crippen LogP contribution is -2.39. The van der Waals surface area contributed by atoms with E-state index in [1.807, 2.05) is 24.3 Å². The number of aromatic carboxylic acids is 1. The summed E-state index contributed by atoms with van der Waals surface area (Å²) in [6, 6.07) is 15.6. The predicted octanol–water partition coefficient (Wildman–Crippen LogP) is 4.07. The summed E-state index contributed by atoms with van der Waals surface area (Å²) in [6.45, 7) is 0.702. The van der Waals surface area contributed by atoms with Crippen LogP contribution in [-0.4, -0.2) is 17.1 Å². The fourth-order valence-corrected chi connectivity index (χ4v) is 3.09. The number of nitrogens with one attached hydrogen (secondary N) is 1. The molecule has 1 aliphatic rings. The maximum atomic E-state index is 11.0. The van der Waals surface area contributed by atoms with Crippen LogP contribution in [0.15, 0.2) is 48.5 Å². The summed E-state index contributed by atoms with van der Waals surface area (Å²) in [6.07, 6.45) is 2.19. The largest absolute Gasteiger partial charge is 0.478 e. The van der Waals surface area contributed by atoms with Crippen LogP contribution in [0.4, 0.5) is 0 Å². The molecule has 0 aromatic heterocycles. The number of hydrogen-bond donors (Lipinski definition) is 2. The van der Waals surface area contributed by atoms with Gasteiger partial charge in [0.25, 0.3) is 0 Å². The highest BCUT2D eigenvalue weighted by atomic mass is 35.5. The number of carbonyl (C=O) groups is 1. The summed E-state index contributed by atoms with van der Waals surface area (Å²) < 4.78 is 0. The SMILES string of the molecule is O=C(O)c1cccc(CNC2CC(c3cccc(Cl)c3)C2)c1. The van der Waals surface area contributed by atoms with Gasteiger partial charge in [-0.1, -0.05) is 35.9 Å². The lowest BCUT2D eigenvalue weighted by molar-refractivity contribution is 0.0696. The van der Waals surface area contributed by atoms with Gasteiger partial charge in [-0.25, -0.2) is 4.79 Å². The van der Waals surface area contributed by atoms with Crippen molar-refractivity contribution in [3.05, 3.63) is 70.2 Å². The van der Waals surface area contributed by atoms with Crippen molar-refractivity contribution in [2.75, 3.05) is 0 Å². The molecule has 4 heteroatoms. The molecule has 1 aliphatic carbocycles. The third-order valence-electron chi connectivity index (χ3n) is 4.23. The Hall–Kier alpha value is -1.84. The molecule has 2 N–H and O–H groups in total. The number of carboxylic acids is 1. The Morgan fingerprint density at radius 3 is 2.68 bits per heavy atom. The van der Waals surface area contributed by atoms with Crippen molar-refractivity contribution in [1.29, 1.82) is 0 Å². The third-order valence-corrected chi connectivity index (χ3v) is 4.46. The van der Waals surface area contributed by atoms with Gasteiger partial charge in [-0.15, -0.1) is 0 Å². The van der Waals surface area contributed by atoms with Crippen molar-refractivity contribution in [2.45, 2.75) is 31.3 Å². The first kappa shape index (κ1) is 15.1. The van der Waals surface area contributed by atoms with Crippen LogP contribution in [0.3, 0.4) is 0 Å². The van der Waals surface area contributed by atoms with Crippen LogP contribution in [0.2, 0.25) is 5.02 Å². The van der Waals surface area contributed by atoms with E-state index in [1.54, 1.807) is 18.2 Å². The van der Waals surface area contributed by atoms with E-state index in [1.165, 1.54) is 5.56 Å². The zero-order valence-electron chi connectivity index (χ0n) is 12.1. The summed E-state index contributed by atoms with van der Waals surface area (Å²) in [4.78, 5) is 11.0. The van der Waals surface area contributed by atoms with E-state index in [4.69, 9.17) is 16.7 Å². The van der Waals surface area contributed by atoms with Crippen molar-refractivity contribution in [1.82, 2.24) is 5.32 Å². The van der Waals surface area contributed by atoms with E-state index < -0.39 is 5.97 Å². The second-order valence-corrected chi connectivity index (χ2v) is 6.24. The minimum atomic E-state index is -0.883. The standard InChI is InChI=1S/C18H18ClNO2/c19-16-6-2-4-13(8-16)15-9-17(10-15)20-11-12-3-1-5-14(7-12)18(21)22/h1-8,15,17,20H,9-11H2,(H,21,22). The molecule has 0 unspecified atom stereocenters. The number of rotatable bonds is 5. The van der Waals surface area contributed by atoms with Crippen LogP contribution in [0.25, 0.3) is 0 Å². The summed E-state index contributed by atoms with van der Waals surface area (Å²) in [5.41, 5.74) is 2.65. The number of benzene rings is 2. The molecule has 0 spiro atoms. The molecule has 3 rings (SSSR count). The third kappa shape index (κ3) is 3.49. The van der Waals surface area contributed by atoms with E-state index in [9.17, 15) is 4.79 Å². The average molecular weight is 316 g/mol. The van der Waals surface area contributed by atoms with Gasteiger partial charge in [-0.3, -0.25) is 0 Å². The van der Waals surface area contributed by atoms with E-state index in [0.717, 1.165) is 23.4 Å². The Morgan fingerprint density at radius 1 is 1.18 bits per heavy atom. The normalized spacial score (nSPS) is 20.4. The summed E-state index contributed by atoms with van der Waals surface area (Å²) >= 11 is 6.02. The molecule has 0 bridgehead atoms. The quantitative estimate of drug-likeness (QED) is 0.874. The Balaban J connectivity index is 1.50. The van der Waals surface area contributed by atoms with Gasteiger partial charge in [0.15, 0.2) is 0 Å². The van der Waals surface area contributed by atoms with E-state index >= 15 is 0 Å².